The van der Waals surface area contributed by atoms with Crippen molar-refractivity contribution in [2.45, 2.75) is 31.0 Å². The van der Waals surface area contributed by atoms with Crippen LogP contribution in [0.25, 0.3) is 0 Å². The Kier molecular flexibility index (Phi) is 3.56. The van der Waals surface area contributed by atoms with Crippen molar-refractivity contribution in [2.24, 2.45) is 5.84 Å². The van der Waals surface area contributed by atoms with E-state index >= 15 is 0 Å². The quantitative estimate of drug-likeness (QED) is 0.301. The Balaban J connectivity index is 2.39. The van der Waals surface area contributed by atoms with Crippen molar-refractivity contribution in [1.82, 2.24) is 9.55 Å². The molecule has 0 bridgehead atoms. The fourth-order valence-corrected chi connectivity index (χ4v) is 2.06. The summed E-state index contributed by atoms with van der Waals surface area (Å²) >= 11 is 0. The monoisotopic (exact) mass is 272 g/mol. The highest BCUT2D eigenvalue weighted by molar-refractivity contribution is 5.29. The topological polar surface area (TPSA) is 143 Å². The first kappa shape index (κ1) is 13.9. The molecule has 1 aliphatic heterocycles. The Morgan fingerprint density at radius 3 is 2.84 bits per heavy atom. The molecule has 106 valence electrons. The summed E-state index contributed by atoms with van der Waals surface area (Å²) < 4.78 is 6.33. The molecule has 1 fully saturated rings. The second-order valence-corrected chi connectivity index (χ2v) is 4.53. The van der Waals surface area contributed by atoms with Gasteiger partial charge in [-0.05, 0) is 13.0 Å². The molecule has 0 saturated carbocycles. The Hall–Kier alpha value is -1.52. The molecular weight excluding hydrogens is 256 g/mol. The fraction of sp³-hybridized carbons (Fsp3) is 0.600. The zero-order chi connectivity index (χ0) is 14.2. The van der Waals surface area contributed by atoms with Crippen LogP contribution in [-0.4, -0.2) is 49.3 Å². The van der Waals surface area contributed by atoms with E-state index in [-0.39, 0.29) is 5.82 Å². The molecule has 2 rings (SSSR count). The van der Waals surface area contributed by atoms with Gasteiger partial charge in [-0.2, -0.15) is 4.98 Å². The van der Waals surface area contributed by atoms with E-state index in [0.29, 0.717) is 0 Å². The third kappa shape index (κ3) is 2.22. The van der Waals surface area contributed by atoms with E-state index in [9.17, 15) is 15.0 Å². The highest BCUT2D eigenvalue weighted by atomic mass is 16.6. The maximum atomic E-state index is 11.8. The number of nitrogens with zero attached hydrogens (tertiary/aromatic N) is 2. The van der Waals surface area contributed by atoms with Crippen LogP contribution in [0, 0.1) is 0 Å². The van der Waals surface area contributed by atoms with Gasteiger partial charge in [-0.3, -0.25) is 4.57 Å². The van der Waals surface area contributed by atoms with Gasteiger partial charge in [-0.15, -0.1) is 0 Å². The molecule has 6 N–H and O–H groups in total. The first-order valence-corrected chi connectivity index (χ1v) is 5.64. The van der Waals surface area contributed by atoms with Gasteiger partial charge in [0.1, 0.15) is 23.6 Å². The lowest BCUT2D eigenvalue weighted by atomic mass is 9.96. The summed E-state index contributed by atoms with van der Waals surface area (Å²) in [4.78, 5) is 15.4. The minimum absolute atomic E-state index is 0.165. The van der Waals surface area contributed by atoms with Gasteiger partial charge in [0.2, 0.25) is 0 Å². The summed E-state index contributed by atoms with van der Waals surface area (Å²) in [7, 11) is 0. The lowest BCUT2D eigenvalue weighted by Gasteiger charge is -2.27. The van der Waals surface area contributed by atoms with E-state index in [0.717, 1.165) is 4.57 Å². The van der Waals surface area contributed by atoms with Gasteiger partial charge < -0.3 is 25.5 Å². The van der Waals surface area contributed by atoms with E-state index in [1.165, 1.54) is 19.2 Å². The van der Waals surface area contributed by atoms with Crippen molar-refractivity contribution < 1.29 is 20.1 Å². The molecule has 1 saturated heterocycles. The van der Waals surface area contributed by atoms with Crippen molar-refractivity contribution in [2.75, 3.05) is 12.0 Å². The third-order valence-electron chi connectivity index (χ3n) is 3.17. The van der Waals surface area contributed by atoms with Crippen molar-refractivity contribution >= 4 is 5.82 Å². The van der Waals surface area contributed by atoms with Crippen molar-refractivity contribution in [3.05, 3.63) is 22.7 Å². The van der Waals surface area contributed by atoms with E-state index in [4.69, 9.17) is 15.7 Å². The minimum Gasteiger partial charge on any atom is -0.394 e. The van der Waals surface area contributed by atoms with Gasteiger partial charge in [0.15, 0.2) is 6.23 Å². The Morgan fingerprint density at radius 1 is 1.68 bits per heavy atom. The molecule has 0 spiro atoms. The molecule has 2 heterocycles. The molecule has 9 nitrogen and oxygen atoms in total. The molecule has 1 aliphatic rings. The smallest absolute Gasteiger partial charge is 0.351 e. The van der Waals surface area contributed by atoms with Crippen LogP contribution in [0.1, 0.15) is 13.2 Å². The molecule has 1 unspecified atom stereocenters. The van der Waals surface area contributed by atoms with Crippen LogP contribution in [-0.2, 0) is 4.74 Å². The van der Waals surface area contributed by atoms with Crippen molar-refractivity contribution in [1.29, 1.82) is 0 Å². The van der Waals surface area contributed by atoms with Crippen molar-refractivity contribution in [3.8, 4) is 0 Å². The molecule has 0 aromatic carbocycles. The number of nitrogen functional groups attached to an aromatic ring is 1. The average Bonchev–Trinajstić information content (AvgIpc) is 2.61. The number of hydrogen-bond donors (Lipinski definition) is 5. The van der Waals surface area contributed by atoms with Gasteiger partial charge in [-0.1, -0.05) is 0 Å². The number of hydrazine groups is 1. The first-order valence-electron chi connectivity index (χ1n) is 5.64. The zero-order valence-electron chi connectivity index (χ0n) is 10.2. The number of ether oxygens (including phenoxy) is 1. The summed E-state index contributed by atoms with van der Waals surface area (Å²) in [5, 5.41) is 29.1. The summed E-state index contributed by atoms with van der Waals surface area (Å²) in [6.45, 7) is 0.845. The lowest BCUT2D eigenvalue weighted by Crippen LogP contribution is -2.46. The SMILES string of the molecule is C[C@]1(O)C(O)[C@@H](CO)O[C@H]1n1ccc(NN)nc1=O. The van der Waals surface area contributed by atoms with Gasteiger partial charge in [-0.25, -0.2) is 10.6 Å². The van der Waals surface area contributed by atoms with Crippen LogP contribution in [0.15, 0.2) is 17.1 Å². The van der Waals surface area contributed by atoms with E-state index < -0.39 is 36.3 Å². The zero-order valence-corrected chi connectivity index (χ0v) is 10.2. The van der Waals surface area contributed by atoms with Crippen LogP contribution in [0.3, 0.4) is 0 Å². The molecule has 0 radical (unpaired) electrons. The summed E-state index contributed by atoms with van der Waals surface area (Å²) in [6, 6.07) is 1.42. The van der Waals surface area contributed by atoms with Crippen LogP contribution < -0.4 is 17.0 Å². The molecular formula is C10H16N4O5. The van der Waals surface area contributed by atoms with Crippen LogP contribution >= 0.6 is 0 Å². The van der Waals surface area contributed by atoms with E-state index in [2.05, 4.69) is 10.4 Å². The number of nitrogens with one attached hydrogen (secondary N) is 1. The normalized spacial score (nSPS) is 34.5. The number of hydrogen-bond acceptors (Lipinski definition) is 8. The first-order chi connectivity index (χ1) is 8.91. The molecule has 0 aliphatic carbocycles. The molecule has 19 heavy (non-hydrogen) atoms. The van der Waals surface area contributed by atoms with Crippen molar-refractivity contribution in [3.63, 3.8) is 0 Å². The van der Waals surface area contributed by atoms with Crippen LogP contribution in [0.5, 0.6) is 0 Å². The molecule has 4 atom stereocenters. The number of anilines is 1. The number of rotatable bonds is 3. The number of aliphatic hydroxyl groups excluding tert-OH is 2. The number of aromatic nitrogens is 2. The van der Waals surface area contributed by atoms with E-state index in [1.807, 2.05) is 0 Å². The van der Waals surface area contributed by atoms with Crippen LogP contribution in [0.2, 0.25) is 0 Å². The maximum absolute atomic E-state index is 11.8. The average molecular weight is 272 g/mol. The molecule has 1 aromatic rings. The van der Waals surface area contributed by atoms with Gasteiger partial charge >= 0.3 is 5.69 Å². The fourth-order valence-electron chi connectivity index (χ4n) is 2.06. The summed E-state index contributed by atoms with van der Waals surface area (Å²) in [5.41, 5.74) is -0.210. The summed E-state index contributed by atoms with van der Waals surface area (Å²) in [6.07, 6.45) is -2.11. The predicted molar refractivity (Wildman–Crippen MR) is 63.9 cm³/mol. The second-order valence-electron chi connectivity index (χ2n) is 4.53. The highest BCUT2D eigenvalue weighted by Crippen LogP contribution is 2.37. The van der Waals surface area contributed by atoms with Gasteiger partial charge in [0.05, 0.1) is 6.61 Å². The largest absolute Gasteiger partial charge is 0.394 e. The minimum atomic E-state index is -1.73. The van der Waals surface area contributed by atoms with Gasteiger partial charge in [0.25, 0.3) is 0 Å². The third-order valence-corrected chi connectivity index (χ3v) is 3.17. The number of nitrogens with two attached hydrogens (primary N) is 1. The molecule has 1 aromatic heterocycles. The summed E-state index contributed by atoms with van der Waals surface area (Å²) in [5.74, 6) is 5.29. The Labute approximate surface area is 108 Å². The second kappa shape index (κ2) is 4.87. The van der Waals surface area contributed by atoms with E-state index in [1.54, 1.807) is 0 Å². The maximum Gasteiger partial charge on any atom is 0.351 e. The van der Waals surface area contributed by atoms with Gasteiger partial charge in [0, 0.05) is 6.20 Å². The predicted octanol–water partition coefficient (Wildman–Crippen LogP) is -2.47. The molecule has 9 heteroatoms. The molecule has 0 amide bonds. The Bertz CT molecular complexity index is 517. The standard InChI is InChI=1S/C10H16N4O5/c1-10(18)7(16)5(4-15)19-8(10)14-3-2-6(13-11)12-9(14)17/h2-3,5,7-8,15-16,18H,4,11H2,1H3,(H,12,13,17)/t5-,7?,8-,10+/m1/s1. The number of aliphatic hydroxyl groups is 3. The highest BCUT2D eigenvalue weighted by Gasteiger charge is 2.53. The van der Waals surface area contributed by atoms with Crippen LogP contribution in [0.4, 0.5) is 5.82 Å². The Morgan fingerprint density at radius 2 is 2.37 bits per heavy atom. The lowest BCUT2D eigenvalue weighted by molar-refractivity contribution is -0.0986.